The molecule has 0 atom stereocenters. The van der Waals surface area contributed by atoms with Crippen molar-refractivity contribution < 1.29 is 4.74 Å². The van der Waals surface area contributed by atoms with Crippen molar-refractivity contribution in [3.05, 3.63) is 35.4 Å². The molecule has 2 nitrogen and oxygen atoms in total. The van der Waals surface area contributed by atoms with Gasteiger partial charge in [-0.2, -0.15) is 0 Å². The number of allylic oxidation sites excluding steroid dienone is 2. The first-order valence-electron chi connectivity index (χ1n) is 7.67. The molecule has 0 unspecified atom stereocenters. The van der Waals surface area contributed by atoms with E-state index in [1.165, 1.54) is 16.7 Å². The summed E-state index contributed by atoms with van der Waals surface area (Å²) in [5.74, 6) is 0.990. The molecule has 0 heterocycles. The third kappa shape index (κ3) is 3.86. The van der Waals surface area contributed by atoms with Gasteiger partial charge in [0.25, 0.3) is 0 Å². The molecule has 2 rings (SSSR count). The van der Waals surface area contributed by atoms with Gasteiger partial charge in [-0.05, 0) is 73.4 Å². The van der Waals surface area contributed by atoms with Crippen molar-refractivity contribution in [1.29, 1.82) is 0 Å². The number of ether oxygens (including phenoxy) is 1. The minimum atomic E-state index is 0.266. The SMILES string of the molecule is CC1=CC(C)(C)Cc2ccc(OCCCCCN)cc21. The van der Waals surface area contributed by atoms with Crippen LogP contribution in [0.3, 0.4) is 0 Å². The maximum atomic E-state index is 5.85. The molecule has 0 saturated heterocycles. The monoisotopic (exact) mass is 273 g/mol. The summed E-state index contributed by atoms with van der Waals surface area (Å²) in [6.07, 6.45) is 6.80. The highest BCUT2D eigenvalue weighted by Crippen LogP contribution is 2.37. The van der Waals surface area contributed by atoms with Crippen molar-refractivity contribution in [3.63, 3.8) is 0 Å². The van der Waals surface area contributed by atoms with Gasteiger partial charge >= 0.3 is 0 Å². The van der Waals surface area contributed by atoms with E-state index >= 15 is 0 Å². The van der Waals surface area contributed by atoms with Gasteiger partial charge < -0.3 is 10.5 Å². The van der Waals surface area contributed by atoms with Gasteiger partial charge in [0.05, 0.1) is 6.61 Å². The molecule has 1 aliphatic rings. The highest BCUT2D eigenvalue weighted by atomic mass is 16.5. The van der Waals surface area contributed by atoms with Gasteiger partial charge in [-0.15, -0.1) is 0 Å². The van der Waals surface area contributed by atoms with Gasteiger partial charge in [-0.25, -0.2) is 0 Å². The first-order chi connectivity index (χ1) is 9.52. The summed E-state index contributed by atoms with van der Waals surface area (Å²) in [5, 5.41) is 0. The molecule has 110 valence electrons. The molecule has 1 aromatic carbocycles. The summed E-state index contributed by atoms with van der Waals surface area (Å²) >= 11 is 0. The standard InChI is InChI=1S/C18H27NO/c1-14-12-18(2,3)13-15-7-8-16(11-17(14)15)20-10-6-4-5-9-19/h7-8,11-12H,4-6,9-10,13,19H2,1-3H3. The minimum absolute atomic E-state index is 0.266. The van der Waals surface area contributed by atoms with E-state index in [4.69, 9.17) is 10.5 Å². The number of nitrogens with two attached hydrogens (primary N) is 1. The summed E-state index contributed by atoms with van der Waals surface area (Å²) in [5.41, 5.74) is 9.91. The smallest absolute Gasteiger partial charge is 0.119 e. The summed E-state index contributed by atoms with van der Waals surface area (Å²) in [6, 6.07) is 6.53. The third-order valence-electron chi connectivity index (χ3n) is 3.88. The van der Waals surface area contributed by atoms with Gasteiger partial charge in [0, 0.05) is 0 Å². The molecular weight excluding hydrogens is 246 g/mol. The highest BCUT2D eigenvalue weighted by Gasteiger charge is 2.23. The molecule has 0 amide bonds. The first-order valence-corrected chi connectivity index (χ1v) is 7.67. The van der Waals surface area contributed by atoms with Crippen LogP contribution in [-0.2, 0) is 6.42 Å². The van der Waals surface area contributed by atoms with Crippen LogP contribution in [0, 0.1) is 5.41 Å². The predicted molar refractivity (Wildman–Crippen MR) is 86.0 cm³/mol. The Balaban J connectivity index is 2.00. The lowest BCUT2D eigenvalue weighted by molar-refractivity contribution is 0.305. The summed E-state index contributed by atoms with van der Waals surface area (Å²) in [7, 11) is 0. The average Bonchev–Trinajstić information content (AvgIpc) is 2.38. The van der Waals surface area contributed by atoms with Gasteiger partial charge in [0.1, 0.15) is 5.75 Å². The van der Waals surface area contributed by atoms with Crippen molar-refractivity contribution in [2.75, 3.05) is 13.2 Å². The first kappa shape index (κ1) is 15.1. The molecule has 0 fully saturated rings. The van der Waals surface area contributed by atoms with Gasteiger partial charge in [-0.1, -0.05) is 26.0 Å². The van der Waals surface area contributed by atoms with E-state index in [0.29, 0.717) is 0 Å². The van der Waals surface area contributed by atoms with E-state index in [-0.39, 0.29) is 5.41 Å². The zero-order valence-electron chi connectivity index (χ0n) is 13.0. The van der Waals surface area contributed by atoms with E-state index in [9.17, 15) is 0 Å². The number of benzene rings is 1. The lowest BCUT2D eigenvalue weighted by Crippen LogP contribution is -2.17. The van der Waals surface area contributed by atoms with Crippen molar-refractivity contribution in [1.82, 2.24) is 0 Å². The van der Waals surface area contributed by atoms with Crippen LogP contribution in [0.15, 0.2) is 24.3 Å². The Hall–Kier alpha value is -1.28. The molecule has 20 heavy (non-hydrogen) atoms. The maximum Gasteiger partial charge on any atom is 0.119 e. The second-order valence-electron chi connectivity index (χ2n) is 6.51. The fourth-order valence-electron chi connectivity index (χ4n) is 2.99. The second kappa shape index (κ2) is 6.45. The normalized spacial score (nSPS) is 16.5. The molecular formula is C18H27NO. The van der Waals surface area contributed by atoms with Gasteiger partial charge in [-0.3, -0.25) is 0 Å². The van der Waals surface area contributed by atoms with Gasteiger partial charge in [0.15, 0.2) is 0 Å². The molecule has 1 aromatic rings. The zero-order valence-corrected chi connectivity index (χ0v) is 13.0. The number of unbranched alkanes of at least 4 members (excludes halogenated alkanes) is 2. The van der Waals surface area contributed by atoms with Crippen LogP contribution in [0.25, 0.3) is 5.57 Å². The Morgan fingerprint density at radius 3 is 2.75 bits per heavy atom. The lowest BCUT2D eigenvalue weighted by Gasteiger charge is -2.29. The fourth-order valence-corrected chi connectivity index (χ4v) is 2.99. The van der Waals surface area contributed by atoms with Crippen molar-refractivity contribution in [3.8, 4) is 5.75 Å². The van der Waals surface area contributed by atoms with Crippen LogP contribution < -0.4 is 10.5 Å². The average molecular weight is 273 g/mol. The van der Waals surface area contributed by atoms with Crippen LogP contribution in [0.4, 0.5) is 0 Å². The summed E-state index contributed by atoms with van der Waals surface area (Å²) < 4.78 is 5.85. The third-order valence-corrected chi connectivity index (χ3v) is 3.88. The molecule has 0 aliphatic heterocycles. The van der Waals surface area contributed by atoms with Crippen molar-refractivity contribution in [2.45, 2.75) is 46.5 Å². The molecule has 1 aliphatic carbocycles. The van der Waals surface area contributed by atoms with Crippen LogP contribution in [0.5, 0.6) is 5.75 Å². The lowest BCUT2D eigenvalue weighted by atomic mass is 9.76. The van der Waals surface area contributed by atoms with Crippen LogP contribution in [0.1, 0.15) is 51.2 Å². The van der Waals surface area contributed by atoms with E-state index in [1.54, 1.807) is 0 Å². The Labute approximate surface area is 123 Å². The van der Waals surface area contributed by atoms with E-state index < -0.39 is 0 Å². The second-order valence-corrected chi connectivity index (χ2v) is 6.51. The quantitative estimate of drug-likeness (QED) is 0.789. The fraction of sp³-hybridized carbons (Fsp3) is 0.556. The number of hydrogen-bond acceptors (Lipinski definition) is 2. The van der Waals surface area contributed by atoms with Gasteiger partial charge in [0.2, 0.25) is 0 Å². The van der Waals surface area contributed by atoms with Crippen molar-refractivity contribution in [2.24, 2.45) is 11.1 Å². The summed E-state index contributed by atoms with van der Waals surface area (Å²) in [6.45, 7) is 8.35. The molecule has 2 N–H and O–H groups in total. The molecule has 0 aromatic heterocycles. The molecule has 2 heteroatoms. The largest absolute Gasteiger partial charge is 0.494 e. The Morgan fingerprint density at radius 1 is 1.20 bits per heavy atom. The molecule has 0 spiro atoms. The summed E-state index contributed by atoms with van der Waals surface area (Å²) in [4.78, 5) is 0. The highest BCUT2D eigenvalue weighted by molar-refractivity contribution is 5.70. The van der Waals surface area contributed by atoms with Crippen LogP contribution in [0.2, 0.25) is 0 Å². The Kier molecular flexibility index (Phi) is 4.87. The minimum Gasteiger partial charge on any atom is -0.494 e. The van der Waals surface area contributed by atoms with Crippen LogP contribution in [-0.4, -0.2) is 13.2 Å². The van der Waals surface area contributed by atoms with E-state index in [0.717, 1.165) is 44.6 Å². The zero-order chi connectivity index (χ0) is 14.6. The Bertz CT molecular complexity index is 488. The topological polar surface area (TPSA) is 35.2 Å². The van der Waals surface area contributed by atoms with E-state index in [1.807, 2.05) is 0 Å². The predicted octanol–water partition coefficient (Wildman–Crippen LogP) is 4.18. The molecule has 0 saturated carbocycles. The van der Waals surface area contributed by atoms with Crippen LogP contribution >= 0.6 is 0 Å². The number of rotatable bonds is 6. The maximum absolute atomic E-state index is 5.85. The van der Waals surface area contributed by atoms with Crippen molar-refractivity contribution >= 4 is 5.57 Å². The number of hydrogen-bond donors (Lipinski definition) is 1. The van der Waals surface area contributed by atoms with E-state index in [2.05, 4.69) is 45.0 Å². The molecule has 0 radical (unpaired) electrons. The Morgan fingerprint density at radius 2 is 2.00 bits per heavy atom. The molecule has 0 bridgehead atoms. The number of fused-ring (bicyclic) bond motifs is 1.